The predicted octanol–water partition coefficient (Wildman–Crippen LogP) is 2.55. The lowest BCUT2D eigenvalue weighted by atomic mass is 9.93. The molecule has 0 aliphatic rings. The number of rotatable bonds is 5. The highest BCUT2D eigenvalue weighted by Gasteiger charge is 2.24. The van der Waals surface area contributed by atoms with E-state index in [1.54, 1.807) is 0 Å². The third-order valence-corrected chi connectivity index (χ3v) is 2.78. The van der Waals surface area contributed by atoms with Gasteiger partial charge in [-0.2, -0.15) is 0 Å². The quantitative estimate of drug-likeness (QED) is 0.811. The minimum absolute atomic E-state index is 0.0628. The first-order chi connectivity index (χ1) is 7.12. The summed E-state index contributed by atoms with van der Waals surface area (Å²) in [5.41, 5.74) is 0.618. The first kappa shape index (κ1) is 12.5. The van der Waals surface area contributed by atoms with Crippen molar-refractivity contribution >= 4 is 11.6 Å². The standard InChI is InChI=1S/C12H18ClNO/c1-3-7-14-12(2,9-15)10-5-4-6-11(13)8-10/h4-6,8,14-15H,3,7,9H2,1-2H3. The van der Waals surface area contributed by atoms with Crippen LogP contribution in [0.15, 0.2) is 24.3 Å². The fraction of sp³-hybridized carbons (Fsp3) is 0.500. The van der Waals surface area contributed by atoms with Crippen LogP contribution in [0.5, 0.6) is 0 Å². The molecule has 15 heavy (non-hydrogen) atoms. The normalized spacial score (nSPS) is 14.9. The van der Waals surface area contributed by atoms with Crippen molar-refractivity contribution in [2.75, 3.05) is 13.2 Å². The molecule has 0 saturated carbocycles. The summed E-state index contributed by atoms with van der Waals surface area (Å²) >= 11 is 5.93. The van der Waals surface area contributed by atoms with Crippen LogP contribution in [0.2, 0.25) is 5.02 Å². The van der Waals surface area contributed by atoms with Crippen molar-refractivity contribution in [2.45, 2.75) is 25.8 Å². The molecule has 0 aliphatic carbocycles. The maximum atomic E-state index is 9.45. The second kappa shape index (κ2) is 5.50. The van der Waals surface area contributed by atoms with Gasteiger partial charge in [-0.05, 0) is 37.6 Å². The highest BCUT2D eigenvalue weighted by atomic mass is 35.5. The Morgan fingerprint density at radius 2 is 2.20 bits per heavy atom. The van der Waals surface area contributed by atoms with E-state index in [9.17, 15) is 5.11 Å². The van der Waals surface area contributed by atoms with Crippen LogP contribution in [0.3, 0.4) is 0 Å². The molecule has 1 unspecified atom stereocenters. The number of hydrogen-bond donors (Lipinski definition) is 2. The Bertz CT molecular complexity index is 316. The summed E-state index contributed by atoms with van der Waals surface area (Å²) in [7, 11) is 0. The average molecular weight is 228 g/mol. The number of nitrogens with one attached hydrogen (secondary N) is 1. The zero-order valence-electron chi connectivity index (χ0n) is 9.26. The van der Waals surface area contributed by atoms with E-state index >= 15 is 0 Å². The summed E-state index contributed by atoms with van der Waals surface area (Å²) in [6.45, 7) is 5.02. The van der Waals surface area contributed by atoms with Crippen LogP contribution in [0.1, 0.15) is 25.8 Å². The molecule has 0 fully saturated rings. The van der Waals surface area contributed by atoms with Crippen molar-refractivity contribution in [3.8, 4) is 0 Å². The molecule has 0 heterocycles. The van der Waals surface area contributed by atoms with Crippen LogP contribution >= 0.6 is 11.6 Å². The summed E-state index contributed by atoms with van der Waals surface area (Å²) in [5, 5.41) is 13.5. The molecule has 0 saturated heterocycles. The molecule has 84 valence electrons. The fourth-order valence-corrected chi connectivity index (χ4v) is 1.67. The first-order valence-electron chi connectivity index (χ1n) is 5.24. The highest BCUT2D eigenvalue weighted by Crippen LogP contribution is 2.23. The molecular weight excluding hydrogens is 210 g/mol. The molecule has 0 radical (unpaired) electrons. The molecular formula is C12H18ClNO. The van der Waals surface area contributed by atoms with Crippen LogP contribution < -0.4 is 5.32 Å². The van der Waals surface area contributed by atoms with Gasteiger partial charge >= 0.3 is 0 Å². The topological polar surface area (TPSA) is 32.3 Å². The van der Waals surface area contributed by atoms with Gasteiger partial charge in [0.25, 0.3) is 0 Å². The van der Waals surface area contributed by atoms with Gasteiger partial charge in [0.2, 0.25) is 0 Å². The second-order valence-electron chi connectivity index (χ2n) is 3.93. The van der Waals surface area contributed by atoms with Gasteiger partial charge in [0, 0.05) is 5.02 Å². The van der Waals surface area contributed by atoms with E-state index in [0.717, 1.165) is 18.5 Å². The van der Waals surface area contributed by atoms with E-state index < -0.39 is 5.54 Å². The molecule has 1 aromatic carbocycles. The fourth-order valence-electron chi connectivity index (χ4n) is 1.48. The average Bonchev–Trinajstić information content (AvgIpc) is 2.26. The van der Waals surface area contributed by atoms with Gasteiger partial charge in [-0.3, -0.25) is 0 Å². The molecule has 1 aromatic rings. The second-order valence-corrected chi connectivity index (χ2v) is 4.36. The summed E-state index contributed by atoms with van der Waals surface area (Å²) in [4.78, 5) is 0. The Balaban J connectivity index is 2.89. The Morgan fingerprint density at radius 1 is 1.47 bits per heavy atom. The zero-order chi connectivity index (χ0) is 11.3. The predicted molar refractivity (Wildman–Crippen MR) is 64.2 cm³/mol. The molecule has 3 heteroatoms. The largest absolute Gasteiger partial charge is 0.394 e. The van der Waals surface area contributed by atoms with E-state index in [-0.39, 0.29) is 6.61 Å². The number of hydrogen-bond acceptors (Lipinski definition) is 2. The van der Waals surface area contributed by atoms with Gasteiger partial charge < -0.3 is 10.4 Å². The van der Waals surface area contributed by atoms with Crippen LogP contribution in [-0.4, -0.2) is 18.3 Å². The summed E-state index contributed by atoms with van der Waals surface area (Å²) in [5.74, 6) is 0. The number of aliphatic hydroxyl groups excluding tert-OH is 1. The minimum Gasteiger partial charge on any atom is -0.394 e. The van der Waals surface area contributed by atoms with Crippen LogP contribution in [-0.2, 0) is 5.54 Å². The lowest BCUT2D eigenvalue weighted by molar-refractivity contribution is 0.175. The minimum atomic E-state index is -0.402. The van der Waals surface area contributed by atoms with Crippen molar-refractivity contribution < 1.29 is 5.11 Å². The van der Waals surface area contributed by atoms with E-state index in [1.165, 1.54) is 0 Å². The highest BCUT2D eigenvalue weighted by molar-refractivity contribution is 6.30. The van der Waals surface area contributed by atoms with E-state index in [4.69, 9.17) is 11.6 Å². The molecule has 0 spiro atoms. The summed E-state index contributed by atoms with van der Waals surface area (Å²) < 4.78 is 0. The zero-order valence-corrected chi connectivity index (χ0v) is 10.0. The van der Waals surface area contributed by atoms with Crippen molar-refractivity contribution in [1.82, 2.24) is 5.32 Å². The van der Waals surface area contributed by atoms with Gasteiger partial charge in [0.1, 0.15) is 0 Å². The van der Waals surface area contributed by atoms with Crippen LogP contribution in [0.25, 0.3) is 0 Å². The Morgan fingerprint density at radius 3 is 2.73 bits per heavy atom. The molecule has 0 amide bonds. The molecule has 1 rings (SSSR count). The van der Waals surface area contributed by atoms with Gasteiger partial charge in [-0.25, -0.2) is 0 Å². The van der Waals surface area contributed by atoms with Gasteiger partial charge in [-0.15, -0.1) is 0 Å². The Kier molecular flexibility index (Phi) is 4.58. The molecule has 1 atom stereocenters. The van der Waals surface area contributed by atoms with E-state index in [0.29, 0.717) is 5.02 Å². The van der Waals surface area contributed by atoms with Crippen molar-refractivity contribution in [1.29, 1.82) is 0 Å². The van der Waals surface area contributed by atoms with Gasteiger partial charge in [-0.1, -0.05) is 30.7 Å². The molecule has 2 N–H and O–H groups in total. The molecule has 0 aromatic heterocycles. The summed E-state index contributed by atoms with van der Waals surface area (Å²) in [6.07, 6.45) is 1.04. The molecule has 0 aliphatic heterocycles. The van der Waals surface area contributed by atoms with Crippen LogP contribution in [0, 0.1) is 0 Å². The van der Waals surface area contributed by atoms with Crippen LogP contribution in [0.4, 0.5) is 0 Å². The maximum absolute atomic E-state index is 9.45. The van der Waals surface area contributed by atoms with Crippen molar-refractivity contribution in [3.05, 3.63) is 34.9 Å². The van der Waals surface area contributed by atoms with Crippen molar-refractivity contribution in [3.63, 3.8) is 0 Å². The monoisotopic (exact) mass is 227 g/mol. The summed E-state index contributed by atoms with van der Waals surface area (Å²) in [6, 6.07) is 7.60. The Hall–Kier alpha value is -0.570. The maximum Gasteiger partial charge on any atom is 0.0652 e. The first-order valence-corrected chi connectivity index (χ1v) is 5.62. The number of halogens is 1. The van der Waals surface area contributed by atoms with Gasteiger partial charge in [0.15, 0.2) is 0 Å². The van der Waals surface area contributed by atoms with Gasteiger partial charge in [0.05, 0.1) is 12.1 Å². The smallest absolute Gasteiger partial charge is 0.0652 e. The van der Waals surface area contributed by atoms with E-state index in [2.05, 4.69) is 12.2 Å². The third kappa shape index (κ3) is 3.20. The number of aliphatic hydroxyl groups is 1. The SMILES string of the molecule is CCCNC(C)(CO)c1cccc(Cl)c1. The molecule has 0 bridgehead atoms. The van der Waals surface area contributed by atoms with Crippen molar-refractivity contribution in [2.24, 2.45) is 0 Å². The van der Waals surface area contributed by atoms with E-state index in [1.807, 2.05) is 31.2 Å². The number of benzene rings is 1. The molecule has 2 nitrogen and oxygen atoms in total. The Labute approximate surface area is 96.3 Å². The third-order valence-electron chi connectivity index (χ3n) is 2.54. The lowest BCUT2D eigenvalue weighted by Crippen LogP contribution is -2.43. The lowest BCUT2D eigenvalue weighted by Gasteiger charge is -2.29.